The third-order valence-corrected chi connectivity index (χ3v) is 5.49. The van der Waals surface area contributed by atoms with E-state index >= 15 is 0 Å². The second kappa shape index (κ2) is 8.64. The number of hydrogen-bond donors (Lipinski definition) is 2. The van der Waals surface area contributed by atoms with Crippen LogP contribution in [-0.4, -0.2) is 71.2 Å². The van der Waals surface area contributed by atoms with Crippen molar-refractivity contribution in [2.45, 2.75) is 25.7 Å². The standard InChI is InChI=1S/C20H28N2O4/c23-13-15-4-2-8-21(11-15)19(25)17-6-1-7-18(10-17)20(26)22-9-3-5-16(12-22)14-24/h1,6-7,10,15-16,23-24H,2-5,8-9,11-14H2. The molecule has 0 aromatic heterocycles. The molecule has 0 spiro atoms. The van der Waals surface area contributed by atoms with Crippen LogP contribution in [0.25, 0.3) is 0 Å². The minimum atomic E-state index is -0.0790. The van der Waals surface area contributed by atoms with E-state index < -0.39 is 0 Å². The predicted octanol–water partition coefficient (Wildman–Crippen LogP) is 1.38. The van der Waals surface area contributed by atoms with Crippen LogP contribution in [0.3, 0.4) is 0 Å². The second-order valence-corrected chi connectivity index (χ2v) is 7.46. The first-order valence-electron chi connectivity index (χ1n) is 9.52. The van der Waals surface area contributed by atoms with E-state index in [0.29, 0.717) is 37.3 Å². The average Bonchev–Trinajstić information content (AvgIpc) is 2.72. The predicted molar refractivity (Wildman–Crippen MR) is 97.9 cm³/mol. The molecule has 6 heteroatoms. The van der Waals surface area contributed by atoms with E-state index in [1.807, 2.05) is 0 Å². The molecule has 2 N–H and O–H groups in total. The van der Waals surface area contributed by atoms with Gasteiger partial charge in [-0.05, 0) is 55.7 Å². The summed E-state index contributed by atoms with van der Waals surface area (Å²) < 4.78 is 0. The third-order valence-electron chi connectivity index (χ3n) is 5.49. The Morgan fingerprint density at radius 3 is 1.77 bits per heavy atom. The van der Waals surface area contributed by atoms with Crippen molar-refractivity contribution < 1.29 is 19.8 Å². The van der Waals surface area contributed by atoms with Crippen molar-refractivity contribution in [1.29, 1.82) is 0 Å². The first-order chi connectivity index (χ1) is 12.6. The summed E-state index contributed by atoms with van der Waals surface area (Å²) in [5, 5.41) is 18.7. The minimum absolute atomic E-state index is 0.0790. The summed E-state index contributed by atoms with van der Waals surface area (Å²) in [6, 6.07) is 6.92. The van der Waals surface area contributed by atoms with Crippen LogP contribution in [0.1, 0.15) is 46.4 Å². The van der Waals surface area contributed by atoms with E-state index in [0.717, 1.165) is 25.7 Å². The fraction of sp³-hybridized carbons (Fsp3) is 0.600. The van der Waals surface area contributed by atoms with Crippen molar-refractivity contribution in [2.75, 3.05) is 39.4 Å². The topological polar surface area (TPSA) is 81.1 Å². The Balaban J connectivity index is 1.71. The highest BCUT2D eigenvalue weighted by Crippen LogP contribution is 2.21. The number of carbonyl (C=O) groups excluding carboxylic acids is 2. The molecular weight excluding hydrogens is 332 g/mol. The molecule has 2 aliphatic rings. The maximum Gasteiger partial charge on any atom is 0.253 e. The highest BCUT2D eigenvalue weighted by molar-refractivity contribution is 5.99. The van der Waals surface area contributed by atoms with Crippen molar-refractivity contribution >= 4 is 11.8 Å². The van der Waals surface area contributed by atoms with Gasteiger partial charge in [0, 0.05) is 50.5 Å². The van der Waals surface area contributed by atoms with Crippen LogP contribution < -0.4 is 0 Å². The van der Waals surface area contributed by atoms with Gasteiger partial charge in [-0.3, -0.25) is 9.59 Å². The number of carbonyl (C=O) groups is 2. The Bertz CT molecular complexity index is 597. The highest BCUT2D eigenvalue weighted by Gasteiger charge is 2.26. The summed E-state index contributed by atoms with van der Waals surface area (Å²) >= 11 is 0. The summed E-state index contributed by atoms with van der Waals surface area (Å²) in [5.74, 6) is 0.122. The lowest BCUT2D eigenvalue weighted by atomic mass is 9.97. The fourth-order valence-electron chi connectivity index (χ4n) is 3.95. The van der Waals surface area contributed by atoms with Crippen molar-refractivity contribution in [1.82, 2.24) is 9.80 Å². The lowest BCUT2D eigenvalue weighted by molar-refractivity contribution is 0.0619. The molecule has 0 aliphatic carbocycles. The monoisotopic (exact) mass is 360 g/mol. The van der Waals surface area contributed by atoms with Crippen molar-refractivity contribution in [2.24, 2.45) is 11.8 Å². The molecule has 2 amide bonds. The normalized spacial score (nSPS) is 23.8. The van der Waals surface area contributed by atoms with Gasteiger partial charge in [0.25, 0.3) is 11.8 Å². The molecule has 2 heterocycles. The molecule has 2 aliphatic heterocycles. The largest absolute Gasteiger partial charge is 0.396 e. The molecule has 1 aromatic carbocycles. The van der Waals surface area contributed by atoms with Gasteiger partial charge in [-0.15, -0.1) is 0 Å². The molecule has 2 saturated heterocycles. The molecule has 26 heavy (non-hydrogen) atoms. The summed E-state index contributed by atoms with van der Waals surface area (Å²) in [6.07, 6.45) is 3.68. The molecule has 3 rings (SSSR count). The number of benzene rings is 1. The molecule has 142 valence electrons. The Morgan fingerprint density at radius 1 is 0.885 bits per heavy atom. The number of likely N-dealkylation sites (tertiary alicyclic amines) is 2. The lowest BCUT2D eigenvalue weighted by Gasteiger charge is -2.33. The van der Waals surface area contributed by atoms with Crippen molar-refractivity contribution in [3.05, 3.63) is 35.4 Å². The smallest absolute Gasteiger partial charge is 0.253 e. The average molecular weight is 360 g/mol. The van der Waals surface area contributed by atoms with Gasteiger partial charge in [0.15, 0.2) is 0 Å². The van der Waals surface area contributed by atoms with E-state index in [1.54, 1.807) is 34.1 Å². The molecule has 0 saturated carbocycles. The van der Waals surface area contributed by atoms with E-state index in [2.05, 4.69) is 0 Å². The molecule has 2 fully saturated rings. The van der Waals surface area contributed by atoms with E-state index in [-0.39, 0.29) is 36.9 Å². The number of hydrogen-bond acceptors (Lipinski definition) is 4. The van der Waals surface area contributed by atoms with Gasteiger partial charge in [-0.25, -0.2) is 0 Å². The Labute approximate surface area is 154 Å². The van der Waals surface area contributed by atoms with Crippen LogP contribution in [0.2, 0.25) is 0 Å². The number of piperidine rings is 2. The Kier molecular flexibility index (Phi) is 6.27. The van der Waals surface area contributed by atoms with Crippen molar-refractivity contribution in [3.8, 4) is 0 Å². The van der Waals surface area contributed by atoms with E-state index in [1.165, 1.54) is 0 Å². The van der Waals surface area contributed by atoms with E-state index in [9.17, 15) is 19.8 Å². The maximum absolute atomic E-state index is 12.8. The summed E-state index contributed by atoms with van der Waals surface area (Å²) in [6.45, 7) is 2.72. The van der Waals surface area contributed by atoms with Crippen LogP contribution in [0.4, 0.5) is 0 Å². The summed E-state index contributed by atoms with van der Waals surface area (Å²) in [7, 11) is 0. The zero-order chi connectivity index (χ0) is 18.5. The van der Waals surface area contributed by atoms with E-state index in [4.69, 9.17) is 0 Å². The highest BCUT2D eigenvalue weighted by atomic mass is 16.3. The van der Waals surface area contributed by atoms with Gasteiger partial charge in [0.05, 0.1) is 0 Å². The van der Waals surface area contributed by atoms with Gasteiger partial charge in [0.1, 0.15) is 0 Å². The maximum atomic E-state index is 12.8. The molecule has 0 bridgehead atoms. The number of nitrogens with zero attached hydrogens (tertiary/aromatic N) is 2. The minimum Gasteiger partial charge on any atom is -0.396 e. The fourth-order valence-corrected chi connectivity index (χ4v) is 3.95. The Hall–Kier alpha value is -1.92. The molecule has 2 atom stereocenters. The first-order valence-corrected chi connectivity index (χ1v) is 9.52. The zero-order valence-electron chi connectivity index (χ0n) is 15.1. The van der Waals surface area contributed by atoms with Gasteiger partial charge in [-0.2, -0.15) is 0 Å². The second-order valence-electron chi connectivity index (χ2n) is 7.46. The molecular formula is C20H28N2O4. The number of aliphatic hydroxyl groups excluding tert-OH is 2. The van der Waals surface area contributed by atoms with Gasteiger partial charge in [-0.1, -0.05) is 6.07 Å². The molecule has 0 radical (unpaired) electrons. The van der Waals surface area contributed by atoms with Gasteiger partial charge in [0.2, 0.25) is 0 Å². The zero-order valence-corrected chi connectivity index (χ0v) is 15.1. The SMILES string of the molecule is O=C(c1cccc(C(=O)N2CCCC(CO)C2)c1)N1CCCC(CO)C1. The van der Waals surface area contributed by atoms with Crippen LogP contribution in [0.5, 0.6) is 0 Å². The van der Waals surface area contributed by atoms with Crippen LogP contribution in [0.15, 0.2) is 24.3 Å². The first kappa shape index (κ1) is 18.9. The summed E-state index contributed by atoms with van der Waals surface area (Å²) in [5.41, 5.74) is 1.04. The molecule has 2 unspecified atom stereocenters. The quantitative estimate of drug-likeness (QED) is 0.850. The number of rotatable bonds is 4. The van der Waals surface area contributed by atoms with Gasteiger partial charge >= 0.3 is 0 Å². The number of aliphatic hydroxyl groups is 2. The molecule has 6 nitrogen and oxygen atoms in total. The van der Waals surface area contributed by atoms with Gasteiger partial charge < -0.3 is 20.0 Å². The Morgan fingerprint density at radius 2 is 1.35 bits per heavy atom. The lowest BCUT2D eigenvalue weighted by Crippen LogP contribution is -2.42. The number of amides is 2. The van der Waals surface area contributed by atoms with Crippen LogP contribution in [-0.2, 0) is 0 Å². The van der Waals surface area contributed by atoms with Crippen LogP contribution in [0, 0.1) is 11.8 Å². The third kappa shape index (κ3) is 4.24. The van der Waals surface area contributed by atoms with Crippen molar-refractivity contribution in [3.63, 3.8) is 0 Å². The summed E-state index contributed by atoms with van der Waals surface area (Å²) in [4.78, 5) is 29.1. The molecule has 1 aromatic rings. The van der Waals surface area contributed by atoms with Crippen LogP contribution >= 0.6 is 0 Å².